The van der Waals surface area contributed by atoms with E-state index in [4.69, 9.17) is 4.74 Å². The lowest BCUT2D eigenvalue weighted by Crippen LogP contribution is -2.39. The van der Waals surface area contributed by atoms with Crippen LogP contribution in [0.2, 0.25) is 0 Å². The highest BCUT2D eigenvalue weighted by Crippen LogP contribution is 2.30. The normalized spacial score (nSPS) is 16.3. The average molecular weight is 441 g/mol. The van der Waals surface area contributed by atoms with Gasteiger partial charge in [0.2, 0.25) is 0 Å². The van der Waals surface area contributed by atoms with Crippen LogP contribution < -0.4 is 14.9 Å². The van der Waals surface area contributed by atoms with Crippen molar-refractivity contribution in [3.8, 4) is 0 Å². The zero-order chi connectivity index (χ0) is 22.1. The second-order valence-electron chi connectivity index (χ2n) is 6.98. The first kappa shape index (κ1) is 20.9. The number of thiazole rings is 1. The van der Waals surface area contributed by atoms with Gasteiger partial charge in [0.1, 0.15) is 5.82 Å². The van der Waals surface area contributed by atoms with E-state index in [9.17, 15) is 14.0 Å². The van der Waals surface area contributed by atoms with Gasteiger partial charge in [-0.05, 0) is 44.5 Å². The minimum atomic E-state index is -0.753. The molecule has 0 saturated heterocycles. The van der Waals surface area contributed by atoms with Crippen LogP contribution in [-0.4, -0.2) is 26.9 Å². The van der Waals surface area contributed by atoms with Crippen molar-refractivity contribution in [2.75, 3.05) is 6.61 Å². The van der Waals surface area contributed by atoms with E-state index in [2.05, 4.69) is 10.1 Å². The lowest BCUT2D eigenvalue weighted by atomic mass is 9.96. The molecule has 2 aromatic heterocycles. The van der Waals surface area contributed by atoms with Crippen LogP contribution in [0.5, 0.6) is 0 Å². The topological polar surface area (TPSA) is 78.5 Å². The number of allylic oxidation sites excluding steroid dienone is 1. The molecule has 0 N–H and O–H groups in total. The fourth-order valence-corrected chi connectivity index (χ4v) is 4.58. The molecule has 7 nitrogen and oxygen atoms in total. The van der Waals surface area contributed by atoms with Gasteiger partial charge in [-0.1, -0.05) is 23.5 Å². The largest absolute Gasteiger partial charge is 0.463 e. The molecule has 0 amide bonds. The molecule has 0 bridgehead atoms. The molecule has 3 aromatic rings. The van der Waals surface area contributed by atoms with E-state index in [1.807, 2.05) is 13.1 Å². The third-order valence-electron chi connectivity index (χ3n) is 4.98. The molecular formula is C22H21FN4O3S. The smallest absolute Gasteiger partial charge is 0.338 e. The van der Waals surface area contributed by atoms with Gasteiger partial charge >= 0.3 is 5.97 Å². The molecule has 1 aliphatic heterocycles. The van der Waals surface area contributed by atoms with Gasteiger partial charge in [-0.25, -0.2) is 14.2 Å². The van der Waals surface area contributed by atoms with Gasteiger partial charge in [0.05, 0.1) is 34.6 Å². The van der Waals surface area contributed by atoms with E-state index in [0.29, 0.717) is 20.6 Å². The third kappa shape index (κ3) is 3.88. The molecule has 4 rings (SSSR count). The van der Waals surface area contributed by atoms with Crippen molar-refractivity contribution < 1.29 is 13.9 Å². The summed E-state index contributed by atoms with van der Waals surface area (Å²) in [4.78, 5) is 31.1. The van der Waals surface area contributed by atoms with Gasteiger partial charge in [-0.2, -0.15) is 5.10 Å². The van der Waals surface area contributed by atoms with E-state index in [1.165, 1.54) is 28.0 Å². The number of rotatable bonds is 5. The van der Waals surface area contributed by atoms with Crippen molar-refractivity contribution >= 4 is 23.4 Å². The molecule has 1 unspecified atom stereocenters. The Labute approximate surface area is 181 Å². The Bertz CT molecular complexity index is 1350. The molecule has 1 aliphatic rings. The predicted octanol–water partition coefficient (Wildman–Crippen LogP) is 2.15. The lowest BCUT2D eigenvalue weighted by molar-refractivity contribution is -0.139. The molecule has 0 saturated carbocycles. The maximum absolute atomic E-state index is 13.6. The highest BCUT2D eigenvalue weighted by Gasteiger charge is 2.33. The first-order chi connectivity index (χ1) is 14.9. The molecule has 160 valence electrons. The van der Waals surface area contributed by atoms with Crippen LogP contribution in [0, 0.1) is 5.82 Å². The number of benzene rings is 1. The summed E-state index contributed by atoms with van der Waals surface area (Å²) >= 11 is 1.24. The van der Waals surface area contributed by atoms with Crippen molar-refractivity contribution in [1.82, 2.24) is 14.3 Å². The lowest BCUT2D eigenvalue weighted by Gasteiger charge is -2.24. The zero-order valence-electron chi connectivity index (χ0n) is 17.3. The summed E-state index contributed by atoms with van der Waals surface area (Å²) in [5.74, 6) is -0.945. The Kier molecular flexibility index (Phi) is 5.69. The number of carbonyl (C=O) groups is 1. The number of aromatic nitrogens is 3. The SMILES string of the molecule is CCOC(=O)C1=C(C)N=c2s/c(=C/c3cnn(CC)c3)c(=O)n2C1c1ccc(F)cc1. The Morgan fingerprint density at radius 3 is 2.68 bits per heavy atom. The molecule has 0 fully saturated rings. The van der Waals surface area contributed by atoms with Gasteiger partial charge in [0, 0.05) is 18.3 Å². The van der Waals surface area contributed by atoms with E-state index in [-0.39, 0.29) is 17.7 Å². The van der Waals surface area contributed by atoms with Crippen LogP contribution in [0.1, 0.15) is 37.9 Å². The minimum absolute atomic E-state index is 0.192. The van der Waals surface area contributed by atoms with Crippen molar-refractivity contribution in [2.45, 2.75) is 33.4 Å². The Hall–Kier alpha value is -3.33. The van der Waals surface area contributed by atoms with Crippen LogP contribution in [0.25, 0.3) is 6.08 Å². The van der Waals surface area contributed by atoms with Gasteiger partial charge in [0.25, 0.3) is 5.56 Å². The number of aryl methyl sites for hydroxylation is 1. The number of fused-ring (bicyclic) bond motifs is 1. The molecule has 31 heavy (non-hydrogen) atoms. The molecule has 1 aromatic carbocycles. The van der Waals surface area contributed by atoms with Crippen LogP contribution in [0.4, 0.5) is 4.39 Å². The zero-order valence-corrected chi connectivity index (χ0v) is 18.1. The van der Waals surface area contributed by atoms with Gasteiger partial charge in [-0.3, -0.25) is 14.0 Å². The summed E-state index contributed by atoms with van der Waals surface area (Å²) in [5, 5.41) is 4.23. The minimum Gasteiger partial charge on any atom is -0.463 e. The summed E-state index contributed by atoms with van der Waals surface area (Å²) in [6.07, 6.45) is 5.30. The molecule has 3 heterocycles. The number of esters is 1. The predicted molar refractivity (Wildman–Crippen MR) is 115 cm³/mol. The van der Waals surface area contributed by atoms with E-state index >= 15 is 0 Å². The Morgan fingerprint density at radius 2 is 2.03 bits per heavy atom. The van der Waals surface area contributed by atoms with Crippen molar-refractivity contribution in [2.24, 2.45) is 4.99 Å². The van der Waals surface area contributed by atoms with Gasteiger partial charge in [0.15, 0.2) is 4.80 Å². The fourth-order valence-electron chi connectivity index (χ4n) is 3.53. The van der Waals surface area contributed by atoms with Crippen molar-refractivity contribution in [1.29, 1.82) is 0 Å². The van der Waals surface area contributed by atoms with Gasteiger partial charge < -0.3 is 4.74 Å². The Morgan fingerprint density at radius 1 is 1.29 bits per heavy atom. The number of ether oxygens (including phenoxy) is 1. The Balaban J connectivity index is 1.93. The first-order valence-corrected chi connectivity index (χ1v) is 10.7. The summed E-state index contributed by atoms with van der Waals surface area (Å²) in [6.45, 7) is 6.32. The number of hydrogen-bond acceptors (Lipinski definition) is 6. The quantitative estimate of drug-likeness (QED) is 0.570. The summed E-state index contributed by atoms with van der Waals surface area (Å²) < 4.78 is 22.5. The number of carbonyl (C=O) groups excluding carboxylic acids is 1. The summed E-state index contributed by atoms with van der Waals surface area (Å²) in [5.41, 5.74) is 1.86. The molecule has 0 aliphatic carbocycles. The van der Waals surface area contributed by atoms with Crippen molar-refractivity contribution in [3.05, 3.63) is 84.6 Å². The highest BCUT2D eigenvalue weighted by molar-refractivity contribution is 7.07. The van der Waals surface area contributed by atoms with E-state index in [0.717, 1.165) is 12.1 Å². The number of halogens is 1. The number of nitrogens with zero attached hydrogens (tertiary/aromatic N) is 4. The summed E-state index contributed by atoms with van der Waals surface area (Å²) in [7, 11) is 0. The molecule has 0 radical (unpaired) electrons. The third-order valence-corrected chi connectivity index (χ3v) is 5.96. The molecule has 0 spiro atoms. The van der Waals surface area contributed by atoms with Crippen molar-refractivity contribution in [3.63, 3.8) is 0 Å². The van der Waals surface area contributed by atoms with Gasteiger partial charge in [-0.15, -0.1) is 0 Å². The van der Waals surface area contributed by atoms with E-state index in [1.54, 1.807) is 42.9 Å². The fraction of sp³-hybridized carbons (Fsp3) is 0.273. The van der Waals surface area contributed by atoms with Crippen LogP contribution >= 0.6 is 11.3 Å². The van der Waals surface area contributed by atoms with E-state index < -0.39 is 17.8 Å². The molecule has 1 atom stereocenters. The number of hydrogen-bond donors (Lipinski definition) is 0. The first-order valence-electron chi connectivity index (χ1n) is 9.90. The average Bonchev–Trinajstić information content (AvgIpc) is 3.32. The second-order valence-corrected chi connectivity index (χ2v) is 7.99. The second kappa shape index (κ2) is 8.43. The van der Waals surface area contributed by atoms with Crippen LogP contribution in [0.15, 0.2) is 57.7 Å². The van der Waals surface area contributed by atoms with Crippen LogP contribution in [-0.2, 0) is 16.1 Å². The summed E-state index contributed by atoms with van der Waals surface area (Å²) in [6, 6.07) is 5.00. The van der Waals surface area contributed by atoms with Crippen LogP contribution in [0.3, 0.4) is 0 Å². The molecular weight excluding hydrogens is 419 g/mol. The maximum atomic E-state index is 13.6. The molecule has 9 heteroatoms. The highest BCUT2D eigenvalue weighted by atomic mass is 32.1. The maximum Gasteiger partial charge on any atom is 0.338 e. The standard InChI is InChI=1S/C22H21FN4O3S/c1-4-26-12-14(11-24-26)10-17-20(28)27-19(15-6-8-16(23)9-7-15)18(21(29)30-5-2)13(3)25-22(27)31-17/h6-12,19H,4-5H2,1-3H3/b17-10+. The monoisotopic (exact) mass is 440 g/mol.